The number of aromatic nitrogens is 2. The van der Waals surface area contributed by atoms with Gasteiger partial charge in [0.2, 0.25) is 5.91 Å². The minimum Gasteiger partial charge on any atom is -0.338 e. The Morgan fingerprint density at radius 2 is 2.22 bits per heavy atom. The van der Waals surface area contributed by atoms with Gasteiger partial charge in [-0.2, -0.15) is 0 Å². The summed E-state index contributed by atoms with van der Waals surface area (Å²) < 4.78 is 1.99. The molecule has 23 heavy (non-hydrogen) atoms. The van der Waals surface area contributed by atoms with Crippen molar-refractivity contribution in [3.63, 3.8) is 0 Å². The summed E-state index contributed by atoms with van der Waals surface area (Å²) in [7, 11) is 0. The van der Waals surface area contributed by atoms with Crippen molar-refractivity contribution in [2.45, 2.75) is 38.3 Å². The second-order valence-corrected chi connectivity index (χ2v) is 5.96. The van der Waals surface area contributed by atoms with Gasteiger partial charge in [-0.15, -0.1) is 0 Å². The summed E-state index contributed by atoms with van der Waals surface area (Å²) in [6, 6.07) is -0.324. The number of urea groups is 1. The van der Waals surface area contributed by atoms with E-state index in [1.165, 1.54) is 0 Å². The number of nitrogens with zero attached hydrogens (tertiary/aromatic N) is 4. The van der Waals surface area contributed by atoms with E-state index in [2.05, 4.69) is 10.3 Å². The van der Waals surface area contributed by atoms with E-state index in [9.17, 15) is 14.4 Å². The van der Waals surface area contributed by atoms with Gasteiger partial charge in [0.25, 0.3) is 5.91 Å². The maximum atomic E-state index is 12.5. The lowest BCUT2D eigenvalue weighted by Gasteiger charge is -2.36. The fourth-order valence-electron chi connectivity index (χ4n) is 3.19. The molecule has 3 rings (SSSR count). The van der Waals surface area contributed by atoms with Gasteiger partial charge in [-0.3, -0.25) is 14.5 Å². The summed E-state index contributed by atoms with van der Waals surface area (Å²) in [6.45, 7) is 1.32. The third-order valence-electron chi connectivity index (χ3n) is 4.46. The third kappa shape index (κ3) is 3.52. The zero-order valence-electron chi connectivity index (χ0n) is 13.0. The van der Waals surface area contributed by atoms with Crippen molar-refractivity contribution in [3.8, 4) is 0 Å². The van der Waals surface area contributed by atoms with Crippen LogP contribution in [0.1, 0.15) is 25.7 Å². The predicted molar refractivity (Wildman–Crippen MR) is 81.3 cm³/mol. The van der Waals surface area contributed by atoms with E-state index in [1.54, 1.807) is 12.5 Å². The Morgan fingerprint density at radius 1 is 1.35 bits per heavy atom. The molecule has 1 aromatic rings. The summed E-state index contributed by atoms with van der Waals surface area (Å²) in [5, 5.41) is 2.44. The highest BCUT2D eigenvalue weighted by atomic mass is 16.2. The van der Waals surface area contributed by atoms with Gasteiger partial charge in [0, 0.05) is 31.5 Å². The highest BCUT2D eigenvalue weighted by molar-refractivity contribution is 6.04. The van der Waals surface area contributed by atoms with E-state index in [0.29, 0.717) is 6.54 Å². The second-order valence-electron chi connectivity index (χ2n) is 5.96. The molecule has 1 N–H and O–H groups in total. The van der Waals surface area contributed by atoms with Crippen LogP contribution in [0, 0.1) is 0 Å². The SMILES string of the molecule is O=C1CNC(=O)N1CC(=O)N1CCCC[C@@H]1CCn1ccnc1. The maximum absolute atomic E-state index is 12.5. The van der Waals surface area contributed by atoms with Crippen molar-refractivity contribution in [1.29, 1.82) is 0 Å². The van der Waals surface area contributed by atoms with Crippen molar-refractivity contribution in [3.05, 3.63) is 18.7 Å². The third-order valence-corrected chi connectivity index (χ3v) is 4.46. The molecule has 8 heteroatoms. The summed E-state index contributed by atoms with van der Waals surface area (Å²) >= 11 is 0. The van der Waals surface area contributed by atoms with Crippen LogP contribution in [-0.4, -0.2) is 62.9 Å². The lowest BCUT2D eigenvalue weighted by atomic mass is 9.99. The summed E-state index contributed by atoms with van der Waals surface area (Å²) in [5.41, 5.74) is 0. The van der Waals surface area contributed by atoms with Gasteiger partial charge in [-0.05, 0) is 25.7 Å². The predicted octanol–water partition coefficient (Wildman–Crippen LogP) is 0.206. The monoisotopic (exact) mass is 319 g/mol. The van der Waals surface area contributed by atoms with Crippen molar-refractivity contribution < 1.29 is 14.4 Å². The van der Waals surface area contributed by atoms with E-state index in [4.69, 9.17) is 0 Å². The zero-order chi connectivity index (χ0) is 16.2. The first-order valence-corrected chi connectivity index (χ1v) is 7.98. The Labute approximate surface area is 134 Å². The summed E-state index contributed by atoms with van der Waals surface area (Å²) in [5.74, 6) is -0.485. The van der Waals surface area contributed by atoms with Crippen molar-refractivity contribution in [2.75, 3.05) is 19.6 Å². The molecule has 0 spiro atoms. The highest BCUT2D eigenvalue weighted by Gasteiger charge is 2.34. The first kappa shape index (κ1) is 15.5. The number of amides is 4. The fraction of sp³-hybridized carbons (Fsp3) is 0.600. The van der Waals surface area contributed by atoms with Crippen LogP contribution in [-0.2, 0) is 16.1 Å². The molecule has 2 fully saturated rings. The molecule has 0 aromatic carbocycles. The molecular formula is C15H21N5O3. The molecule has 0 bridgehead atoms. The molecule has 1 aromatic heterocycles. The Morgan fingerprint density at radius 3 is 2.91 bits per heavy atom. The van der Waals surface area contributed by atoms with Gasteiger partial charge in [0.15, 0.2) is 0 Å². The number of imide groups is 1. The fourth-order valence-corrected chi connectivity index (χ4v) is 3.19. The van der Waals surface area contributed by atoms with Crippen LogP contribution in [0.2, 0.25) is 0 Å². The first-order chi connectivity index (χ1) is 11.1. The van der Waals surface area contributed by atoms with E-state index < -0.39 is 6.03 Å². The number of hydrogen-bond donors (Lipinski definition) is 1. The molecule has 2 aliphatic heterocycles. The zero-order valence-corrected chi connectivity index (χ0v) is 13.0. The molecule has 8 nitrogen and oxygen atoms in total. The van der Waals surface area contributed by atoms with E-state index in [-0.39, 0.29) is 30.9 Å². The summed E-state index contributed by atoms with van der Waals surface area (Å²) in [6.07, 6.45) is 9.28. The van der Waals surface area contributed by atoms with E-state index in [0.717, 1.165) is 37.1 Å². The van der Waals surface area contributed by atoms with E-state index >= 15 is 0 Å². The minimum atomic E-state index is -0.477. The number of piperidine rings is 1. The Balaban J connectivity index is 1.59. The highest BCUT2D eigenvalue weighted by Crippen LogP contribution is 2.21. The van der Waals surface area contributed by atoms with Crippen molar-refractivity contribution in [2.24, 2.45) is 0 Å². The van der Waals surface area contributed by atoms with Crippen LogP contribution in [0.5, 0.6) is 0 Å². The van der Waals surface area contributed by atoms with Crippen LogP contribution in [0.25, 0.3) is 0 Å². The standard InChI is InChI=1S/C15H21N5O3/c21-13-9-17-15(23)20(13)10-14(22)19-6-2-1-3-12(19)4-7-18-8-5-16-11-18/h5,8,11-12H,1-4,6-7,9-10H2,(H,17,23)/t12-/m1/s1. The Bertz CT molecular complexity index is 570. The number of hydrogen-bond acceptors (Lipinski definition) is 4. The number of imidazole rings is 1. The molecule has 124 valence electrons. The minimum absolute atomic E-state index is 0.0177. The molecule has 2 aliphatic rings. The molecule has 3 heterocycles. The van der Waals surface area contributed by atoms with Gasteiger partial charge in [-0.1, -0.05) is 0 Å². The topological polar surface area (TPSA) is 87.5 Å². The average Bonchev–Trinajstić information content (AvgIpc) is 3.18. The average molecular weight is 319 g/mol. The number of likely N-dealkylation sites (tertiary alicyclic amines) is 1. The van der Waals surface area contributed by atoms with Crippen LogP contribution in [0.3, 0.4) is 0 Å². The smallest absolute Gasteiger partial charge is 0.325 e. The van der Waals surface area contributed by atoms with Gasteiger partial charge >= 0.3 is 6.03 Å². The number of rotatable bonds is 5. The molecular weight excluding hydrogens is 298 g/mol. The van der Waals surface area contributed by atoms with E-state index in [1.807, 2.05) is 15.7 Å². The first-order valence-electron chi connectivity index (χ1n) is 7.98. The maximum Gasteiger partial charge on any atom is 0.325 e. The van der Waals surface area contributed by atoms with Gasteiger partial charge in [-0.25, -0.2) is 9.78 Å². The van der Waals surface area contributed by atoms with Crippen LogP contribution < -0.4 is 5.32 Å². The van der Waals surface area contributed by atoms with Gasteiger partial charge < -0.3 is 14.8 Å². The van der Waals surface area contributed by atoms with Gasteiger partial charge in [0.05, 0.1) is 12.9 Å². The molecule has 0 aliphatic carbocycles. The molecule has 1 atom stereocenters. The number of carbonyl (C=O) groups is 3. The van der Waals surface area contributed by atoms with Crippen molar-refractivity contribution >= 4 is 17.8 Å². The number of aryl methyl sites for hydroxylation is 1. The molecule has 4 amide bonds. The summed E-state index contributed by atoms with van der Waals surface area (Å²) in [4.78, 5) is 42.6. The largest absolute Gasteiger partial charge is 0.338 e. The molecule has 0 saturated carbocycles. The number of carbonyl (C=O) groups excluding carboxylic acids is 3. The molecule has 0 radical (unpaired) electrons. The van der Waals surface area contributed by atoms with Crippen LogP contribution in [0.15, 0.2) is 18.7 Å². The van der Waals surface area contributed by atoms with Crippen molar-refractivity contribution in [1.82, 2.24) is 24.7 Å². The van der Waals surface area contributed by atoms with Gasteiger partial charge in [0.1, 0.15) is 6.54 Å². The normalized spacial score (nSPS) is 21.7. The number of nitrogens with one attached hydrogen (secondary N) is 1. The Hall–Kier alpha value is -2.38. The second kappa shape index (κ2) is 6.80. The lowest BCUT2D eigenvalue weighted by molar-refractivity contribution is -0.139. The molecule has 2 saturated heterocycles. The van der Waals surface area contributed by atoms with Crippen LogP contribution >= 0.6 is 0 Å². The van der Waals surface area contributed by atoms with Crippen LogP contribution in [0.4, 0.5) is 4.79 Å². The molecule has 0 unspecified atom stereocenters. The Kier molecular flexibility index (Phi) is 4.59. The quantitative estimate of drug-likeness (QED) is 0.786. The lowest BCUT2D eigenvalue weighted by Crippen LogP contribution is -2.49.